The molecular formula is C18H20BrN7. The van der Waals surface area contributed by atoms with Crippen molar-refractivity contribution in [3.8, 4) is 0 Å². The van der Waals surface area contributed by atoms with Crippen molar-refractivity contribution in [3.05, 3.63) is 34.6 Å². The van der Waals surface area contributed by atoms with E-state index < -0.39 is 0 Å². The van der Waals surface area contributed by atoms with Gasteiger partial charge in [0.2, 0.25) is 5.95 Å². The third-order valence-electron chi connectivity index (χ3n) is 5.77. The zero-order valence-electron chi connectivity index (χ0n) is 14.5. The Morgan fingerprint density at radius 1 is 1.23 bits per heavy atom. The van der Waals surface area contributed by atoms with E-state index in [1.165, 1.54) is 11.3 Å². The molecule has 2 aliphatic heterocycles. The molecule has 2 aliphatic rings. The molecule has 134 valence electrons. The third kappa shape index (κ3) is 2.32. The summed E-state index contributed by atoms with van der Waals surface area (Å²) in [5, 5.41) is 0. The fourth-order valence-electron chi connectivity index (χ4n) is 4.34. The zero-order chi connectivity index (χ0) is 17.9. The molecule has 7 nitrogen and oxygen atoms in total. The van der Waals surface area contributed by atoms with E-state index in [1.54, 1.807) is 6.33 Å². The highest BCUT2D eigenvalue weighted by Gasteiger charge is 2.45. The normalized spacial score (nSPS) is 19.4. The SMILES string of the molecule is CN1CCC2(CC1)CN(c1nc(N)nc3nc[nH]c13)c1cc(Br)ccc12. The average Bonchev–Trinajstić information content (AvgIpc) is 3.20. The number of fused-ring (bicyclic) bond motifs is 3. The van der Waals surface area contributed by atoms with Crippen molar-refractivity contribution in [1.29, 1.82) is 0 Å². The summed E-state index contributed by atoms with van der Waals surface area (Å²) in [6.45, 7) is 3.11. The summed E-state index contributed by atoms with van der Waals surface area (Å²) in [7, 11) is 2.20. The molecule has 0 amide bonds. The van der Waals surface area contributed by atoms with Crippen LogP contribution in [0.2, 0.25) is 0 Å². The maximum atomic E-state index is 5.97. The van der Waals surface area contributed by atoms with Gasteiger partial charge in [0.1, 0.15) is 5.52 Å². The number of H-pyrrole nitrogens is 1. The van der Waals surface area contributed by atoms with Crippen LogP contribution in [0, 0.1) is 0 Å². The summed E-state index contributed by atoms with van der Waals surface area (Å²) in [6.07, 6.45) is 3.92. The van der Waals surface area contributed by atoms with Crippen molar-refractivity contribution in [2.24, 2.45) is 0 Å². The summed E-state index contributed by atoms with van der Waals surface area (Å²) < 4.78 is 1.06. The number of likely N-dealkylation sites (tertiary alicyclic amines) is 1. The molecule has 0 radical (unpaired) electrons. The number of piperidine rings is 1. The number of aromatic amines is 1. The van der Waals surface area contributed by atoms with Gasteiger partial charge in [0.25, 0.3) is 0 Å². The van der Waals surface area contributed by atoms with Crippen molar-refractivity contribution in [3.63, 3.8) is 0 Å². The quantitative estimate of drug-likeness (QED) is 0.637. The second-order valence-corrected chi connectivity index (χ2v) is 8.25. The van der Waals surface area contributed by atoms with Crippen LogP contribution >= 0.6 is 15.9 Å². The summed E-state index contributed by atoms with van der Waals surface area (Å²) in [5.41, 5.74) is 10.1. The van der Waals surface area contributed by atoms with Gasteiger partial charge in [-0.1, -0.05) is 22.0 Å². The maximum absolute atomic E-state index is 5.97. The summed E-state index contributed by atoms with van der Waals surface area (Å²) in [4.78, 5) is 20.9. The van der Waals surface area contributed by atoms with Crippen molar-refractivity contribution < 1.29 is 0 Å². The van der Waals surface area contributed by atoms with E-state index in [4.69, 9.17) is 5.73 Å². The molecule has 3 N–H and O–H groups in total. The Kier molecular flexibility index (Phi) is 3.48. The molecule has 0 saturated carbocycles. The van der Waals surface area contributed by atoms with Crippen LogP contribution in [0.1, 0.15) is 18.4 Å². The molecule has 0 atom stereocenters. The van der Waals surface area contributed by atoms with E-state index in [-0.39, 0.29) is 11.4 Å². The highest BCUT2D eigenvalue weighted by Crippen LogP contribution is 2.50. The van der Waals surface area contributed by atoms with E-state index in [0.717, 1.165) is 48.3 Å². The van der Waals surface area contributed by atoms with Crippen LogP contribution in [-0.2, 0) is 5.41 Å². The lowest BCUT2D eigenvalue weighted by Gasteiger charge is -2.38. The van der Waals surface area contributed by atoms with Gasteiger partial charge in [-0.25, -0.2) is 4.98 Å². The Labute approximate surface area is 159 Å². The Morgan fingerprint density at radius 2 is 2.04 bits per heavy atom. The van der Waals surface area contributed by atoms with Crippen molar-refractivity contribution in [2.45, 2.75) is 18.3 Å². The van der Waals surface area contributed by atoms with E-state index in [1.807, 2.05) is 0 Å². The minimum Gasteiger partial charge on any atom is -0.368 e. The number of nitrogens with zero attached hydrogens (tertiary/aromatic N) is 5. The molecule has 0 aliphatic carbocycles. The molecule has 1 fully saturated rings. The minimum absolute atomic E-state index is 0.147. The van der Waals surface area contributed by atoms with Gasteiger partial charge in [0, 0.05) is 22.1 Å². The molecule has 5 rings (SSSR count). The molecule has 0 bridgehead atoms. The Balaban J connectivity index is 1.69. The van der Waals surface area contributed by atoms with Gasteiger partial charge in [-0.2, -0.15) is 9.97 Å². The second kappa shape index (κ2) is 5.65. The smallest absolute Gasteiger partial charge is 0.224 e. The lowest BCUT2D eigenvalue weighted by Crippen LogP contribution is -2.43. The van der Waals surface area contributed by atoms with Gasteiger partial charge >= 0.3 is 0 Å². The van der Waals surface area contributed by atoms with Crippen LogP contribution in [0.15, 0.2) is 29.0 Å². The van der Waals surface area contributed by atoms with Crippen LogP contribution in [0.3, 0.4) is 0 Å². The predicted octanol–water partition coefficient (Wildman–Crippen LogP) is 2.81. The number of nitrogens with two attached hydrogens (primary N) is 1. The number of nitrogens with one attached hydrogen (secondary N) is 1. The average molecular weight is 414 g/mol. The fourth-order valence-corrected chi connectivity index (χ4v) is 4.69. The Hall–Kier alpha value is -2.19. The standard InChI is InChI=1S/C18H20BrN7/c1-25-6-4-18(5-7-25)9-26(13-8-11(19)2-3-12(13)18)16-14-15(22-10-21-14)23-17(20)24-16/h2-3,8,10H,4-7,9H2,1H3,(H3,20,21,22,23,24). The number of hydrogen-bond acceptors (Lipinski definition) is 6. The Bertz CT molecular complexity index is 990. The lowest BCUT2D eigenvalue weighted by atomic mass is 9.74. The van der Waals surface area contributed by atoms with Crippen LogP contribution < -0.4 is 10.6 Å². The molecular weight excluding hydrogens is 394 g/mol. The van der Waals surface area contributed by atoms with Crippen LogP contribution in [0.4, 0.5) is 17.5 Å². The van der Waals surface area contributed by atoms with Crippen molar-refractivity contribution >= 4 is 44.5 Å². The first-order chi connectivity index (χ1) is 12.6. The molecule has 1 saturated heterocycles. The second-order valence-electron chi connectivity index (χ2n) is 7.34. The van der Waals surface area contributed by atoms with E-state index in [9.17, 15) is 0 Å². The van der Waals surface area contributed by atoms with Gasteiger partial charge in [-0.3, -0.25) is 0 Å². The molecule has 1 aromatic carbocycles. The lowest BCUT2D eigenvalue weighted by molar-refractivity contribution is 0.198. The van der Waals surface area contributed by atoms with E-state index in [0.29, 0.717) is 5.65 Å². The largest absolute Gasteiger partial charge is 0.368 e. The number of rotatable bonds is 1. The molecule has 3 aromatic rings. The van der Waals surface area contributed by atoms with Gasteiger partial charge in [0.05, 0.1) is 6.33 Å². The number of imidazole rings is 1. The number of aromatic nitrogens is 4. The summed E-state index contributed by atoms with van der Waals surface area (Å²) >= 11 is 3.63. The maximum Gasteiger partial charge on any atom is 0.224 e. The van der Waals surface area contributed by atoms with Gasteiger partial charge in [0.15, 0.2) is 11.5 Å². The molecule has 4 heterocycles. The highest BCUT2D eigenvalue weighted by molar-refractivity contribution is 9.10. The van der Waals surface area contributed by atoms with Crippen molar-refractivity contribution in [2.75, 3.05) is 37.3 Å². The number of benzene rings is 1. The number of nitrogen functional groups attached to an aromatic ring is 1. The van der Waals surface area contributed by atoms with Gasteiger partial charge in [-0.05, 0) is 50.7 Å². The van der Waals surface area contributed by atoms with Gasteiger partial charge < -0.3 is 20.5 Å². The number of halogens is 1. The monoisotopic (exact) mass is 413 g/mol. The first-order valence-electron chi connectivity index (χ1n) is 8.78. The van der Waals surface area contributed by atoms with Crippen LogP contribution in [0.5, 0.6) is 0 Å². The Morgan fingerprint density at radius 3 is 2.85 bits per heavy atom. The number of hydrogen-bond donors (Lipinski definition) is 2. The fraction of sp³-hybridized carbons (Fsp3) is 0.389. The zero-order valence-corrected chi connectivity index (χ0v) is 16.1. The van der Waals surface area contributed by atoms with Crippen molar-refractivity contribution in [1.82, 2.24) is 24.8 Å². The molecule has 26 heavy (non-hydrogen) atoms. The van der Waals surface area contributed by atoms with E-state index >= 15 is 0 Å². The molecule has 2 aromatic heterocycles. The topological polar surface area (TPSA) is 87.0 Å². The summed E-state index contributed by atoms with van der Waals surface area (Å²) in [5.74, 6) is 1.06. The van der Waals surface area contributed by atoms with Crippen LogP contribution in [-0.4, -0.2) is 51.5 Å². The summed E-state index contributed by atoms with van der Waals surface area (Å²) in [6, 6.07) is 6.59. The van der Waals surface area contributed by atoms with E-state index in [2.05, 4.69) is 70.9 Å². The minimum atomic E-state index is 0.147. The van der Waals surface area contributed by atoms with Crippen LogP contribution in [0.25, 0.3) is 11.2 Å². The van der Waals surface area contributed by atoms with Gasteiger partial charge in [-0.15, -0.1) is 0 Å². The predicted molar refractivity (Wildman–Crippen MR) is 106 cm³/mol. The first kappa shape index (κ1) is 16.0. The number of anilines is 3. The first-order valence-corrected chi connectivity index (χ1v) is 9.58. The molecule has 0 unspecified atom stereocenters. The molecule has 8 heteroatoms. The third-order valence-corrected chi connectivity index (χ3v) is 6.26. The highest BCUT2D eigenvalue weighted by atomic mass is 79.9. The molecule has 1 spiro atoms.